The molecular weight excluding hydrogens is 318 g/mol. The van der Waals surface area contributed by atoms with Crippen molar-refractivity contribution in [1.82, 2.24) is 4.90 Å². The highest BCUT2D eigenvalue weighted by atomic mass is 79.9. The maximum atomic E-state index is 11.2. The number of amides is 1. The van der Waals surface area contributed by atoms with E-state index < -0.39 is 6.09 Å². The Bertz CT molecular complexity index is 554. The van der Waals surface area contributed by atoms with Crippen molar-refractivity contribution in [3.05, 3.63) is 70.2 Å². The van der Waals surface area contributed by atoms with Crippen LogP contribution in [-0.2, 0) is 13.0 Å². The Kier molecular flexibility index (Phi) is 5.18. The van der Waals surface area contributed by atoms with E-state index in [4.69, 9.17) is 0 Å². The summed E-state index contributed by atoms with van der Waals surface area (Å²) in [5.41, 5.74) is 2.07. The van der Waals surface area contributed by atoms with Crippen LogP contribution in [0.1, 0.15) is 11.1 Å². The molecule has 3 nitrogen and oxygen atoms in total. The maximum absolute atomic E-state index is 11.2. The van der Waals surface area contributed by atoms with Crippen LogP contribution in [0.5, 0.6) is 0 Å². The molecule has 0 unspecified atom stereocenters. The lowest BCUT2D eigenvalue weighted by Gasteiger charge is -2.25. The molecule has 0 aliphatic heterocycles. The summed E-state index contributed by atoms with van der Waals surface area (Å²) in [7, 11) is 0. The molecule has 0 spiro atoms. The number of carbonyl (C=O) groups excluding carboxylic acids is 1. The fourth-order valence-electron chi connectivity index (χ4n) is 1.95. The lowest BCUT2D eigenvalue weighted by molar-refractivity contribution is -0.266. The molecule has 20 heavy (non-hydrogen) atoms. The number of carbonyl (C=O) groups is 1. The second kappa shape index (κ2) is 7.10. The molecule has 0 saturated heterocycles. The average molecular weight is 333 g/mol. The Morgan fingerprint density at radius 1 is 1.00 bits per heavy atom. The van der Waals surface area contributed by atoms with E-state index in [1.54, 1.807) is 0 Å². The summed E-state index contributed by atoms with van der Waals surface area (Å²) in [6.07, 6.45) is -0.459. The van der Waals surface area contributed by atoms with Gasteiger partial charge in [0.1, 0.15) is 6.09 Å². The largest absolute Gasteiger partial charge is 0.530 e. The van der Waals surface area contributed by atoms with Crippen LogP contribution in [0.25, 0.3) is 0 Å². The minimum Gasteiger partial charge on any atom is -0.530 e. The highest BCUT2D eigenvalue weighted by Crippen LogP contribution is 2.12. The number of hydrogen-bond donors (Lipinski definition) is 0. The molecule has 0 bridgehead atoms. The first-order chi connectivity index (χ1) is 9.65. The molecule has 2 rings (SSSR count). The van der Waals surface area contributed by atoms with Crippen LogP contribution in [0.4, 0.5) is 4.79 Å². The summed E-state index contributed by atoms with van der Waals surface area (Å²) >= 11 is 3.38. The molecule has 2 aromatic rings. The molecule has 1 amide bonds. The summed E-state index contributed by atoms with van der Waals surface area (Å²) in [6.45, 7) is 0.790. The first-order valence-electron chi connectivity index (χ1n) is 6.39. The Balaban J connectivity index is 1.96. The molecule has 0 saturated carbocycles. The van der Waals surface area contributed by atoms with E-state index in [0.717, 1.165) is 15.6 Å². The zero-order valence-corrected chi connectivity index (χ0v) is 12.5. The molecular formula is C16H15BrNO2-. The van der Waals surface area contributed by atoms with Crippen molar-refractivity contribution >= 4 is 22.0 Å². The van der Waals surface area contributed by atoms with Crippen molar-refractivity contribution < 1.29 is 9.90 Å². The number of nitrogens with zero attached hydrogens (tertiary/aromatic N) is 1. The van der Waals surface area contributed by atoms with Crippen molar-refractivity contribution in [3.8, 4) is 0 Å². The molecule has 0 heterocycles. The maximum Gasteiger partial charge on any atom is 0.137 e. The summed E-state index contributed by atoms with van der Waals surface area (Å²) in [5.74, 6) is 0. The molecule has 104 valence electrons. The van der Waals surface area contributed by atoms with E-state index in [1.165, 1.54) is 4.90 Å². The van der Waals surface area contributed by atoms with Crippen molar-refractivity contribution in [2.45, 2.75) is 13.0 Å². The lowest BCUT2D eigenvalue weighted by Crippen LogP contribution is -2.41. The second-order valence-electron chi connectivity index (χ2n) is 4.55. The van der Waals surface area contributed by atoms with Gasteiger partial charge in [-0.2, -0.15) is 0 Å². The monoisotopic (exact) mass is 332 g/mol. The average Bonchev–Trinajstić information content (AvgIpc) is 2.46. The van der Waals surface area contributed by atoms with Crippen LogP contribution in [-0.4, -0.2) is 17.5 Å². The van der Waals surface area contributed by atoms with Gasteiger partial charge in [-0.1, -0.05) is 58.4 Å². The van der Waals surface area contributed by atoms with E-state index in [9.17, 15) is 9.90 Å². The minimum atomic E-state index is -1.13. The number of halogens is 1. The Morgan fingerprint density at radius 2 is 1.65 bits per heavy atom. The fraction of sp³-hybridized carbons (Fsp3) is 0.188. The van der Waals surface area contributed by atoms with Gasteiger partial charge in [0.05, 0.1) is 0 Å². The molecule has 2 aromatic carbocycles. The van der Waals surface area contributed by atoms with E-state index >= 15 is 0 Å². The van der Waals surface area contributed by atoms with Gasteiger partial charge < -0.3 is 14.8 Å². The van der Waals surface area contributed by atoms with Gasteiger partial charge in [0.2, 0.25) is 0 Å². The number of rotatable bonds is 5. The summed E-state index contributed by atoms with van der Waals surface area (Å²) in [6, 6.07) is 17.4. The number of benzene rings is 2. The van der Waals surface area contributed by atoms with Gasteiger partial charge in [0.15, 0.2) is 0 Å². The summed E-state index contributed by atoms with van der Waals surface area (Å²) < 4.78 is 1.02. The zero-order chi connectivity index (χ0) is 14.4. The van der Waals surface area contributed by atoms with Gasteiger partial charge >= 0.3 is 0 Å². The van der Waals surface area contributed by atoms with Crippen LogP contribution in [0.2, 0.25) is 0 Å². The fourth-order valence-corrected chi connectivity index (χ4v) is 2.22. The van der Waals surface area contributed by atoms with Gasteiger partial charge in [-0.3, -0.25) is 0 Å². The molecule has 0 aromatic heterocycles. The van der Waals surface area contributed by atoms with Crippen molar-refractivity contribution in [2.24, 2.45) is 0 Å². The molecule has 0 N–H and O–H groups in total. The minimum absolute atomic E-state index is 0.361. The first-order valence-corrected chi connectivity index (χ1v) is 7.19. The first kappa shape index (κ1) is 14.6. The lowest BCUT2D eigenvalue weighted by atomic mass is 10.1. The standard InChI is InChI=1S/C16H16BrNO2/c17-15-8-6-13(7-9-15)10-11-18(16(19)20)12-14-4-2-1-3-5-14/h1-9H,10-12H2,(H,19,20)/p-1. The van der Waals surface area contributed by atoms with E-state index in [-0.39, 0.29) is 0 Å². The highest BCUT2D eigenvalue weighted by molar-refractivity contribution is 9.10. The van der Waals surface area contributed by atoms with Crippen LogP contribution in [0.3, 0.4) is 0 Å². The third kappa shape index (κ3) is 4.38. The van der Waals surface area contributed by atoms with Gasteiger partial charge in [-0.05, 0) is 29.7 Å². The predicted octanol–water partition coefficient (Wildman–Crippen LogP) is 2.84. The molecule has 0 radical (unpaired) electrons. The quantitative estimate of drug-likeness (QED) is 0.844. The predicted molar refractivity (Wildman–Crippen MR) is 80.1 cm³/mol. The normalized spacial score (nSPS) is 10.2. The van der Waals surface area contributed by atoms with Gasteiger partial charge in [-0.25, -0.2) is 0 Å². The molecule has 4 heteroatoms. The molecule has 0 aliphatic rings. The van der Waals surface area contributed by atoms with Gasteiger partial charge in [0.25, 0.3) is 0 Å². The Morgan fingerprint density at radius 3 is 2.25 bits per heavy atom. The third-order valence-corrected chi connectivity index (χ3v) is 3.59. The Hall–Kier alpha value is -1.81. The van der Waals surface area contributed by atoms with E-state index in [1.807, 2.05) is 54.6 Å². The molecule has 0 aliphatic carbocycles. The number of hydrogen-bond acceptors (Lipinski definition) is 2. The van der Waals surface area contributed by atoms with Crippen molar-refractivity contribution in [1.29, 1.82) is 0 Å². The third-order valence-electron chi connectivity index (χ3n) is 3.06. The van der Waals surface area contributed by atoms with E-state index in [0.29, 0.717) is 19.5 Å². The Labute approximate surface area is 127 Å². The molecule has 0 fully saturated rings. The van der Waals surface area contributed by atoms with Gasteiger partial charge in [0, 0.05) is 17.6 Å². The highest BCUT2D eigenvalue weighted by Gasteiger charge is 2.06. The van der Waals surface area contributed by atoms with Crippen LogP contribution in [0.15, 0.2) is 59.1 Å². The van der Waals surface area contributed by atoms with Crippen LogP contribution in [0, 0.1) is 0 Å². The summed E-state index contributed by atoms with van der Waals surface area (Å²) in [4.78, 5) is 12.5. The SMILES string of the molecule is O=C([O-])N(CCc1ccc(Br)cc1)Cc1ccccc1. The molecule has 0 atom stereocenters. The second-order valence-corrected chi connectivity index (χ2v) is 5.47. The van der Waals surface area contributed by atoms with Crippen LogP contribution >= 0.6 is 15.9 Å². The van der Waals surface area contributed by atoms with Gasteiger partial charge in [-0.15, -0.1) is 0 Å². The topological polar surface area (TPSA) is 43.4 Å². The zero-order valence-electron chi connectivity index (χ0n) is 11.0. The van der Waals surface area contributed by atoms with Crippen molar-refractivity contribution in [2.75, 3.05) is 6.54 Å². The van der Waals surface area contributed by atoms with Crippen molar-refractivity contribution in [3.63, 3.8) is 0 Å². The summed E-state index contributed by atoms with van der Waals surface area (Å²) in [5, 5.41) is 11.2. The number of carboxylic acid groups (broad SMARTS) is 1. The van der Waals surface area contributed by atoms with E-state index in [2.05, 4.69) is 15.9 Å². The van der Waals surface area contributed by atoms with Crippen LogP contribution < -0.4 is 5.11 Å². The smallest absolute Gasteiger partial charge is 0.137 e.